The number of anilines is 1. The van der Waals surface area contributed by atoms with Crippen molar-refractivity contribution in [1.82, 2.24) is 0 Å². The molecule has 1 unspecified atom stereocenters. The molecule has 2 aromatic carbocycles. The number of rotatable bonds is 6. The van der Waals surface area contributed by atoms with Crippen molar-refractivity contribution < 1.29 is 9.18 Å². The third kappa shape index (κ3) is 3.62. The SMILES string of the molecule is CCc1cccc(CC)c1N(C(=O)CCl)C(C)c1ccccc1F. The summed E-state index contributed by atoms with van der Waals surface area (Å²) in [5.74, 6) is -0.674. The Morgan fingerprint density at radius 2 is 1.67 bits per heavy atom. The smallest absolute Gasteiger partial charge is 0.242 e. The van der Waals surface area contributed by atoms with Crippen LogP contribution in [0, 0.1) is 5.82 Å². The molecule has 1 amide bonds. The fourth-order valence-corrected chi connectivity index (χ4v) is 3.21. The Bertz CT molecular complexity index is 694. The molecule has 0 aliphatic heterocycles. The highest BCUT2D eigenvalue weighted by Gasteiger charge is 2.27. The number of amides is 1. The summed E-state index contributed by atoms with van der Waals surface area (Å²) in [5.41, 5.74) is 3.49. The van der Waals surface area contributed by atoms with Gasteiger partial charge in [-0.1, -0.05) is 50.2 Å². The van der Waals surface area contributed by atoms with E-state index < -0.39 is 6.04 Å². The first kappa shape index (κ1) is 18.5. The molecular weight excluding hydrogens is 325 g/mol. The first-order chi connectivity index (χ1) is 11.5. The number of hydrogen-bond donors (Lipinski definition) is 0. The largest absolute Gasteiger partial charge is 0.304 e. The maximum Gasteiger partial charge on any atom is 0.242 e. The molecule has 0 N–H and O–H groups in total. The standard InChI is InChI=1S/C20H23ClFNO/c1-4-15-9-8-10-16(5-2)20(15)23(19(24)13-21)14(3)17-11-6-7-12-18(17)22/h6-12,14H,4-5,13H2,1-3H3. The van der Waals surface area contributed by atoms with Gasteiger partial charge in [-0.15, -0.1) is 11.6 Å². The van der Waals surface area contributed by atoms with Crippen LogP contribution in [0.2, 0.25) is 0 Å². The number of nitrogens with zero attached hydrogens (tertiary/aromatic N) is 1. The molecule has 2 rings (SSSR count). The van der Waals surface area contributed by atoms with Crippen LogP contribution in [0.15, 0.2) is 42.5 Å². The van der Waals surface area contributed by atoms with Gasteiger partial charge in [0.05, 0.1) is 11.7 Å². The Kier molecular flexibility index (Phi) is 6.38. The molecule has 0 heterocycles. The van der Waals surface area contributed by atoms with Crippen molar-refractivity contribution >= 4 is 23.2 Å². The number of aryl methyl sites for hydroxylation is 2. The summed E-state index contributed by atoms with van der Waals surface area (Å²) in [5, 5.41) is 0. The molecule has 2 nitrogen and oxygen atoms in total. The Hall–Kier alpha value is -1.87. The topological polar surface area (TPSA) is 20.3 Å². The molecule has 0 saturated carbocycles. The van der Waals surface area contributed by atoms with Gasteiger partial charge in [0.25, 0.3) is 0 Å². The summed E-state index contributed by atoms with van der Waals surface area (Å²) in [4.78, 5) is 14.3. The number of para-hydroxylation sites is 1. The van der Waals surface area contributed by atoms with Gasteiger partial charge in [0.15, 0.2) is 0 Å². The summed E-state index contributed by atoms with van der Waals surface area (Å²) in [6.07, 6.45) is 1.58. The third-order valence-corrected chi connectivity index (χ3v) is 4.56. The van der Waals surface area contributed by atoms with Gasteiger partial charge in [-0.3, -0.25) is 4.79 Å². The molecule has 0 aliphatic carbocycles. The minimum absolute atomic E-state index is 0.139. The van der Waals surface area contributed by atoms with E-state index in [0.717, 1.165) is 29.7 Å². The third-order valence-electron chi connectivity index (χ3n) is 4.33. The first-order valence-electron chi connectivity index (χ1n) is 8.28. The molecule has 2 aromatic rings. The average molecular weight is 348 g/mol. The number of alkyl halides is 1. The Morgan fingerprint density at radius 1 is 1.08 bits per heavy atom. The van der Waals surface area contributed by atoms with Gasteiger partial charge in [-0.05, 0) is 37.0 Å². The fourth-order valence-electron chi connectivity index (χ4n) is 3.08. The highest BCUT2D eigenvalue weighted by Crippen LogP contribution is 2.34. The van der Waals surface area contributed by atoms with Crippen molar-refractivity contribution in [3.05, 3.63) is 65.0 Å². The molecule has 0 radical (unpaired) electrons. The zero-order valence-corrected chi connectivity index (χ0v) is 15.1. The van der Waals surface area contributed by atoms with E-state index in [1.54, 1.807) is 23.1 Å². The van der Waals surface area contributed by atoms with Gasteiger partial charge in [0.2, 0.25) is 5.91 Å². The fraction of sp³-hybridized carbons (Fsp3) is 0.350. The summed E-state index contributed by atoms with van der Waals surface area (Å²) < 4.78 is 14.3. The second kappa shape index (κ2) is 8.29. The Morgan fingerprint density at radius 3 is 2.17 bits per heavy atom. The molecule has 1 atom stereocenters. The molecule has 0 aromatic heterocycles. The van der Waals surface area contributed by atoms with Crippen LogP contribution >= 0.6 is 11.6 Å². The summed E-state index contributed by atoms with van der Waals surface area (Å²) in [7, 11) is 0. The van der Waals surface area contributed by atoms with Crippen molar-refractivity contribution in [3.8, 4) is 0 Å². The maximum absolute atomic E-state index is 14.3. The van der Waals surface area contributed by atoms with Crippen molar-refractivity contribution in [3.63, 3.8) is 0 Å². The molecule has 128 valence electrons. The van der Waals surface area contributed by atoms with E-state index in [1.165, 1.54) is 6.07 Å². The van der Waals surface area contributed by atoms with E-state index in [2.05, 4.69) is 13.8 Å². The van der Waals surface area contributed by atoms with Crippen molar-refractivity contribution in [1.29, 1.82) is 0 Å². The lowest BCUT2D eigenvalue weighted by Crippen LogP contribution is -2.36. The molecule has 0 aliphatic rings. The number of carbonyl (C=O) groups is 1. The van der Waals surface area contributed by atoms with Gasteiger partial charge >= 0.3 is 0 Å². The second-order valence-corrected chi connectivity index (χ2v) is 5.99. The Labute approximate surface area is 148 Å². The van der Waals surface area contributed by atoms with Gasteiger partial charge in [-0.25, -0.2) is 4.39 Å². The van der Waals surface area contributed by atoms with Crippen molar-refractivity contribution in [2.45, 2.75) is 39.7 Å². The van der Waals surface area contributed by atoms with E-state index in [-0.39, 0.29) is 17.6 Å². The predicted octanol–water partition coefficient (Wildman–Crippen LogP) is 5.28. The molecular formula is C20H23ClFNO. The minimum Gasteiger partial charge on any atom is -0.304 e. The van der Waals surface area contributed by atoms with Crippen LogP contribution < -0.4 is 4.90 Å². The lowest BCUT2D eigenvalue weighted by molar-refractivity contribution is -0.116. The molecule has 0 bridgehead atoms. The van der Waals surface area contributed by atoms with Crippen LogP contribution in [-0.2, 0) is 17.6 Å². The van der Waals surface area contributed by atoms with Gasteiger partial charge in [-0.2, -0.15) is 0 Å². The molecule has 24 heavy (non-hydrogen) atoms. The lowest BCUT2D eigenvalue weighted by Gasteiger charge is -2.33. The second-order valence-electron chi connectivity index (χ2n) is 5.73. The molecule has 0 fully saturated rings. The summed E-state index contributed by atoms with van der Waals surface area (Å²) in [6.45, 7) is 5.94. The van der Waals surface area contributed by atoms with Gasteiger partial charge in [0.1, 0.15) is 11.7 Å². The predicted molar refractivity (Wildman–Crippen MR) is 98.2 cm³/mol. The van der Waals surface area contributed by atoms with Crippen molar-refractivity contribution in [2.75, 3.05) is 10.8 Å². The quantitative estimate of drug-likeness (QED) is 0.651. The van der Waals surface area contributed by atoms with E-state index in [0.29, 0.717) is 5.56 Å². The Balaban J connectivity index is 2.63. The average Bonchev–Trinajstić information content (AvgIpc) is 2.61. The number of hydrogen-bond acceptors (Lipinski definition) is 1. The monoisotopic (exact) mass is 347 g/mol. The van der Waals surface area contributed by atoms with E-state index in [9.17, 15) is 9.18 Å². The van der Waals surface area contributed by atoms with Gasteiger partial charge < -0.3 is 4.90 Å². The number of halogens is 2. The maximum atomic E-state index is 14.3. The van der Waals surface area contributed by atoms with Crippen LogP contribution in [0.4, 0.5) is 10.1 Å². The number of carbonyl (C=O) groups excluding carboxylic acids is 1. The summed E-state index contributed by atoms with van der Waals surface area (Å²) >= 11 is 5.87. The van der Waals surface area contributed by atoms with Crippen LogP contribution in [0.3, 0.4) is 0 Å². The van der Waals surface area contributed by atoms with E-state index in [1.807, 2.05) is 25.1 Å². The zero-order valence-electron chi connectivity index (χ0n) is 14.4. The van der Waals surface area contributed by atoms with Crippen LogP contribution in [-0.4, -0.2) is 11.8 Å². The van der Waals surface area contributed by atoms with Crippen molar-refractivity contribution in [2.24, 2.45) is 0 Å². The zero-order chi connectivity index (χ0) is 17.7. The highest BCUT2D eigenvalue weighted by atomic mass is 35.5. The number of benzene rings is 2. The van der Waals surface area contributed by atoms with Crippen LogP contribution in [0.25, 0.3) is 0 Å². The van der Waals surface area contributed by atoms with Crippen LogP contribution in [0.1, 0.15) is 43.5 Å². The molecule has 4 heteroatoms. The van der Waals surface area contributed by atoms with Gasteiger partial charge in [0, 0.05) is 5.56 Å². The van der Waals surface area contributed by atoms with E-state index >= 15 is 0 Å². The van der Waals surface area contributed by atoms with Crippen LogP contribution in [0.5, 0.6) is 0 Å². The minimum atomic E-state index is -0.435. The first-order valence-corrected chi connectivity index (χ1v) is 8.81. The van der Waals surface area contributed by atoms with E-state index in [4.69, 9.17) is 11.6 Å². The molecule has 0 saturated heterocycles. The lowest BCUT2D eigenvalue weighted by atomic mass is 9.98. The summed E-state index contributed by atoms with van der Waals surface area (Å²) in [6, 6.07) is 12.2. The molecule has 0 spiro atoms. The highest BCUT2D eigenvalue weighted by molar-refractivity contribution is 6.29. The normalized spacial score (nSPS) is 12.0.